The Hall–Kier alpha value is -2.47. The van der Waals surface area contributed by atoms with Gasteiger partial charge >= 0.3 is 0 Å². The Morgan fingerprint density at radius 3 is 2.23 bits per heavy atom. The van der Waals surface area contributed by atoms with Crippen LogP contribution in [0.3, 0.4) is 0 Å². The van der Waals surface area contributed by atoms with Gasteiger partial charge in [-0.3, -0.25) is 4.79 Å². The lowest BCUT2D eigenvalue weighted by Gasteiger charge is -2.09. The quantitative estimate of drug-likeness (QED) is 0.248. The number of nitrogens with one attached hydrogen (secondary N) is 1. The van der Waals surface area contributed by atoms with E-state index < -0.39 is 0 Å². The Labute approximate surface area is 190 Å². The lowest BCUT2D eigenvalue weighted by Crippen LogP contribution is -2.26. The molecule has 1 amide bonds. The van der Waals surface area contributed by atoms with Crippen molar-refractivity contribution in [3.63, 3.8) is 0 Å². The number of nitrogens with zero attached hydrogens (tertiary/aromatic N) is 1. The average Bonchev–Trinajstić information content (AvgIpc) is 2.76. The van der Waals surface area contributed by atoms with Crippen LogP contribution >= 0.6 is 35.0 Å². The second kappa shape index (κ2) is 11.1. The summed E-state index contributed by atoms with van der Waals surface area (Å²) < 4.78 is 5.76. The first-order chi connectivity index (χ1) is 14.5. The molecule has 0 aliphatic rings. The second-order valence-electron chi connectivity index (χ2n) is 6.43. The van der Waals surface area contributed by atoms with Gasteiger partial charge in [0.2, 0.25) is 0 Å². The number of hydrazone groups is 1. The highest BCUT2D eigenvalue weighted by Gasteiger charge is 2.13. The molecule has 0 saturated heterocycles. The van der Waals surface area contributed by atoms with E-state index in [1.807, 2.05) is 67.6 Å². The number of ether oxygens (including phenoxy) is 1. The molecule has 0 bridgehead atoms. The Kier molecular flexibility index (Phi) is 8.20. The van der Waals surface area contributed by atoms with Gasteiger partial charge in [-0.1, -0.05) is 35.3 Å². The van der Waals surface area contributed by atoms with E-state index in [-0.39, 0.29) is 11.2 Å². The zero-order valence-electron chi connectivity index (χ0n) is 16.2. The van der Waals surface area contributed by atoms with Gasteiger partial charge < -0.3 is 4.74 Å². The van der Waals surface area contributed by atoms with Gasteiger partial charge in [0.25, 0.3) is 5.91 Å². The number of halogens is 2. The minimum absolute atomic E-state index is 0.172. The zero-order chi connectivity index (χ0) is 21.3. The molecule has 0 unspecified atom stereocenters. The van der Waals surface area contributed by atoms with Crippen LogP contribution in [0.4, 0.5) is 0 Å². The van der Waals surface area contributed by atoms with Crippen molar-refractivity contribution in [1.82, 2.24) is 5.43 Å². The van der Waals surface area contributed by atoms with Gasteiger partial charge in [-0.15, -0.1) is 11.8 Å². The Morgan fingerprint density at radius 2 is 1.60 bits per heavy atom. The van der Waals surface area contributed by atoms with Crippen LogP contribution in [0.5, 0.6) is 5.75 Å². The molecule has 7 heteroatoms. The third kappa shape index (κ3) is 7.10. The summed E-state index contributed by atoms with van der Waals surface area (Å²) in [6, 6.07) is 22.4. The summed E-state index contributed by atoms with van der Waals surface area (Å²) in [5, 5.41) is 5.12. The first kappa shape index (κ1) is 22.2. The van der Waals surface area contributed by atoms with E-state index in [9.17, 15) is 4.79 Å². The standard InChI is InChI=1S/C23H20Cl2N2O2S/c1-16(30-22-12-8-20(25)9-13-22)23(28)27-26-14-17-4-10-21(11-5-17)29-15-18-2-6-19(24)7-3-18/h2-14,16H,15H2,1H3,(H,27,28)/b26-14-/t16-/m1/s1. The SMILES string of the molecule is C[C@@H](Sc1ccc(Cl)cc1)C(=O)N/N=C\c1ccc(OCc2ccc(Cl)cc2)cc1. The summed E-state index contributed by atoms with van der Waals surface area (Å²) in [6.45, 7) is 2.29. The first-order valence-electron chi connectivity index (χ1n) is 9.22. The van der Waals surface area contributed by atoms with Crippen molar-refractivity contribution in [3.05, 3.63) is 94.0 Å². The minimum Gasteiger partial charge on any atom is -0.489 e. The topological polar surface area (TPSA) is 50.7 Å². The summed E-state index contributed by atoms with van der Waals surface area (Å²) in [5.41, 5.74) is 4.46. The summed E-state index contributed by atoms with van der Waals surface area (Å²) in [4.78, 5) is 13.2. The van der Waals surface area contributed by atoms with E-state index in [1.54, 1.807) is 18.3 Å². The molecule has 4 nitrogen and oxygen atoms in total. The molecule has 0 heterocycles. The first-order valence-corrected chi connectivity index (χ1v) is 10.9. The monoisotopic (exact) mass is 458 g/mol. The van der Waals surface area contributed by atoms with Crippen LogP contribution < -0.4 is 10.2 Å². The zero-order valence-corrected chi connectivity index (χ0v) is 18.5. The molecule has 0 aliphatic carbocycles. The molecular formula is C23H20Cl2N2O2S. The fraction of sp³-hybridized carbons (Fsp3) is 0.130. The largest absolute Gasteiger partial charge is 0.489 e. The molecule has 1 atom stereocenters. The molecule has 30 heavy (non-hydrogen) atoms. The molecule has 0 fully saturated rings. The molecule has 0 aliphatic heterocycles. The number of carbonyl (C=O) groups excluding carboxylic acids is 1. The lowest BCUT2D eigenvalue weighted by atomic mass is 10.2. The number of carbonyl (C=O) groups is 1. The van der Waals surface area contributed by atoms with E-state index in [4.69, 9.17) is 27.9 Å². The van der Waals surface area contributed by atoms with Crippen molar-refractivity contribution in [2.75, 3.05) is 0 Å². The van der Waals surface area contributed by atoms with Gasteiger partial charge in [-0.05, 0) is 78.7 Å². The number of hydrogen-bond donors (Lipinski definition) is 1. The molecule has 154 valence electrons. The maximum atomic E-state index is 12.2. The molecular weight excluding hydrogens is 439 g/mol. The number of amides is 1. The average molecular weight is 459 g/mol. The smallest absolute Gasteiger partial charge is 0.253 e. The molecule has 0 spiro atoms. The Morgan fingerprint density at radius 1 is 1.00 bits per heavy atom. The van der Waals surface area contributed by atoms with Crippen molar-refractivity contribution >= 4 is 47.1 Å². The van der Waals surface area contributed by atoms with Gasteiger partial charge in [0.15, 0.2) is 0 Å². The summed E-state index contributed by atoms with van der Waals surface area (Å²) in [5.74, 6) is 0.577. The number of hydrogen-bond acceptors (Lipinski definition) is 4. The Balaban J connectivity index is 1.45. The van der Waals surface area contributed by atoms with Crippen LogP contribution in [0.1, 0.15) is 18.1 Å². The van der Waals surface area contributed by atoms with E-state index in [0.717, 1.165) is 21.8 Å². The highest BCUT2D eigenvalue weighted by atomic mass is 35.5. The van der Waals surface area contributed by atoms with Crippen LogP contribution in [0, 0.1) is 0 Å². The van der Waals surface area contributed by atoms with Gasteiger partial charge in [0.1, 0.15) is 12.4 Å². The Bertz CT molecular complexity index is 991. The van der Waals surface area contributed by atoms with Gasteiger partial charge in [-0.2, -0.15) is 5.10 Å². The molecule has 3 rings (SSSR count). The lowest BCUT2D eigenvalue weighted by molar-refractivity contribution is -0.120. The van der Waals surface area contributed by atoms with Crippen molar-refractivity contribution in [2.45, 2.75) is 23.7 Å². The third-order valence-corrected chi connectivity index (χ3v) is 5.70. The van der Waals surface area contributed by atoms with Crippen LogP contribution in [-0.4, -0.2) is 17.4 Å². The molecule has 0 saturated carbocycles. The van der Waals surface area contributed by atoms with Crippen molar-refractivity contribution in [2.24, 2.45) is 5.10 Å². The molecule has 3 aromatic rings. The van der Waals surface area contributed by atoms with Crippen LogP contribution in [-0.2, 0) is 11.4 Å². The highest BCUT2D eigenvalue weighted by molar-refractivity contribution is 8.00. The third-order valence-electron chi connectivity index (χ3n) is 4.08. The summed E-state index contributed by atoms with van der Waals surface area (Å²) in [6.07, 6.45) is 1.60. The molecule has 1 N–H and O–H groups in total. The van der Waals surface area contributed by atoms with Crippen molar-refractivity contribution in [1.29, 1.82) is 0 Å². The second-order valence-corrected chi connectivity index (χ2v) is 8.72. The molecule has 3 aromatic carbocycles. The maximum Gasteiger partial charge on any atom is 0.253 e. The summed E-state index contributed by atoms with van der Waals surface area (Å²) >= 11 is 13.2. The van der Waals surface area contributed by atoms with Crippen LogP contribution in [0.15, 0.2) is 82.8 Å². The van der Waals surface area contributed by atoms with E-state index in [0.29, 0.717) is 16.7 Å². The molecule has 0 radical (unpaired) electrons. The number of rotatable bonds is 8. The van der Waals surface area contributed by atoms with E-state index >= 15 is 0 Å². The normalized spacial score (nSPS) is 12.0. The molecule has 0 aromatic heterocycles. The van der Waals surface area contributed by atoms with Crippen molar-refractivity contribution < 1.29 is 9.53 Å². The van der Waals surface area contributed by atoms with E-state index in [1.165, 1.54) is 11.8 Å². The number of benzene rings is 3. The predicted molar refractivity (Wildman–Crippen MR) is 125 cm³/mol. The minimum atomic E-state index is -0.285. The number of thioether (sulfide) groups is 1. The predicted octanol–water partition coefficient (Wildman–Crippen LogP) is 6.20. The fourth-order valence-corrected chi connectivity index (χ4v) is 3.54. The van der Waals surface area contributed by atoms with Crippen molar-refractivity contribution in [3.8, 4) is 5.75 Å². The van der Waals surface area contributed by atoms with Crippen LogP contribution in [0.2, 0.25) is 10.0 Å². The van der Waals surface area contributed by atoms with Gasteiger partial charge in [0.05, 0.1) is 11.5 Å². The fourth-order valence-electron chi connectivity index (χ4n) is 2.43. The summed E-state index contributed by atoms with van der Waals surface area (Å²) in [7, 11) is 0. The van der Waals surface area contributed by atoms with Crippen LogP contribution in [0.25, 0.3) is 0 Å². The maximum absolute atomic E-state index is 12.2. The van der Waals surface area contributed by atoms with Gasteiger partial charge in [0, 0.05) is 14.9 Å². The van der Waals surface area contributed by atoms with E-state index in [2.05, 4.69) is 10.5 Å². The highest BCUT2D eigenvalue weighted by Crippen LogP contribution is 2.24. The van der Waals surface area contributed by atoms with Gasteiger partial charge in [-0.25, -0.2) is 5.43 Å².